The molecule has 0 unspecified atom stereocenters. The minimum Gasteiger partial charge on any atom is -0.418 e. The van der Waals surface area contributed by atoms with Crippen molar-refractivity contribution in [1.29, 1.82) is 0 Å². The highest BCUT2D eigenvalue weighted by atomic mass is 35.5. The molecule has 0 fully saturated rings. The SMILES string of the molecule is O=C(Oc1cccc(Cl)c1)c1cncc[n+]1Cc1ccccc1. The van der Waals surface area contributed by atoms with Gasteiger partial charge in [-0.1, -0.05) is 48.0 Å². The van der Waals surface area contributed by atoms with Crippen LogP contribution in [-0.4, -0.2) is 11.0 Å². The smallest absolute Gasteiger partial charge is 0.410 e. The molecule has 0 radical (unpaired) electrons. The highest BCUT2D eigenvalue weighted by Crippen LogP contribution is 2.17. The Labute approximate surface area is 139 Å². The standard InChI is InChI=1S/C18H14ClN2O2/c19-15-7-4-8-16(11-15)23-18(22)17-12-20-9-10-21(17)13-14-5-2-1-3-6-14/h1-12H,13H2/q+1. The third-order valence-electron chi connectivity index (χ3n) is 3.25. The quantitative estimate of drug-likeness (QED) is 0.420. The first-order valence-electron chi connectivity index (χ1n) is 7.07. The second kappa shape index (κ2) is 7.03. The van der Waals surface area contributed by atoms with Gasteiger partial charge in [-0.25, -0.2) is 4.79 Å². The summed E-state index contributed by atoms with van der Waals surface area (Å²) in [6.07, 6.45) is 4.89. The van der Waals surface area contributed by atoms with E-state index in [0.717, 1.165) is 5.56 Å². The summed E-state index contributed by atoms with van der Waals surface area (Å²) in [6.45, 7) is 0.559. The van der Waals surface area contributed by atoms with Gasteiger partial charge in [0.1, 0.15) is 11.9 Å². The molecule has 0 aliphatic carbocycles. The molecule has 1 heterocycles. The summed E-state index contributed by atoms with van der Waals surface area (Å²) in [4.78, 5) is 16.4. The third-order valence-corrected chi connectivity index (χ3v) is 3.49. The Morgan fingerprint density at radius 3 is 2.74 bits per heavy atom. The van der Waals surface area contributed by atoms with Crippen LogP contribution in [0.5, 0.6) is 5.75 Å². The van der Waals surface area contributed by atoms with E-state index in [1.807, 2.05) is 30.3 Å². The summed E-state index contributed by atoms with van der Waals surface area (Å²) in [5, 5.41) is 0.513. The first-order chi connectivity index (χ1) is 11.2. The Balaban J connectivity index is 1.83. The zero-order valence-electron chi connectivity index (χ0n) is 12.2. The van der Waals surface area contributed by atoms with Gasteiger partial charge in [0.15, 0.2) is 12.7 Å². The van der Waals surface area contributed by atoms with Gasteiger partial charge in [0.25, 0.3) is 0 Å². The van der Waals surface area contributed by atoms with Crippen molar-refractivity contribution in [1.82, 2.24) is 4.98 Å². The van der Waals surface area contributed by atoms with Crippen LogP contribution >= 0.6 is 11.6 Å². The van der Waals surface area contributed by atoms with Gasteiger partial charge in [-0.05, 0) is 18.2 Å². The van der Waals surface area contributed by atoms with Crippen LogP contribution < -0.4 is 9.30 Å². The summed E-state index contributed by atoms with van der Waals surface area (Å²) in [7, 11) is 0. The van der Waals surface area contributed by atoms with E-state index in [1.54, 1.807) is 41.2 Å². The van der Waals surface area contributed by atoms with E-state index in [2.05, 4.69) is 4.98 Å². The normalized spacial score (nSPS) is 10.3. The number of nitrogens with zero attached hydrogens (tertiary/aromatic N) is 2. The number of halogens is 1. The van der Waals surface area contributed by atoms with Crippen molar-refractivity contribution in [2.75, 3.05) is 0 Å². The van der Waals surface area contributed by atoms with Crippen molar-refractivity contribution < 1.29 is 14.1 Å². The van der Waals surface area contributed by atoms with Gasteiger partial charge >= 0.3 is 11.7 Å². The van der Waals surface area contributed by atoms with Crippen molar-refractivity contribution in [2.24, 2.45) is 0 Å². The molecule has 4 nitrogen and oxygen atoms in total. The highest BCUT2D eigenvalue weighted by molar-refractivity contribution is 6.30. The van der Waals surface area contributed by atoms with Crippen molar-refractivity contribution >= 4 is 17.6 Å². The Morgan fingerprint density at radius 2 is 1.96 bits per heavy atom. The second-order valence-electron chi connectivity index (χ2n) is 4.92. The average Bonchev–Trinajstić information content (AvgIpc) is 2.56. The zero-order valence-corrected chi connectivity index (χ0v) is 13.0. The summed E-state index contributed by atoms with van der Waals surface area (Å²) >= 11 is 5.90. The molecule has 0 spiro atoms. The van der Waals surface area contributed by atoms with E-state index < -0.39 is 5.97 Å². The number of ether oxygens (including phenoxy) is 1. The van der Waals surface area contributed by atoms with Gasteiger partial charge in [-0.3, -0.25) is 4.98 Å². The van der Waals surface area contributed by atoms with Gasteiger partial charge < -0.3 is 4.74 Å². The number of esters is 1. The molecule has 5 heteroatoms. The number of aromatic nitrogens is 2. The molecule has 1 aromatic heterocycles. The van der Waals surface area contributed by atoms with Crippen LogP contribution in [0, 0.1) is 0 Å². The van der Waals surface area contributed by atoms with Gasteiger partial charge in [0.05, 0.1) is 6.20 Å². The van der Waals surface area contributed by atoms with Crippen molar-refractivity contribution in [3.8, 4) is 5.75 Å². The van der Waals surface area contributed by atoms with Crippen LogP contribution in [0.25, 0.3) is 0 Å². The molecule has 0 atom stereocenters. The van der Waals surface area contributed by atoms with E-state index in [9.17, 15) is 4.79 Å². The Morgan fingerprint density at radius 1 is 1.13 bits per heavy atom. The largest absolute Gasteiger partial charge is 0.418 e. The highest BCUT2D eigenvalue weighted by Gasteiger charge is 2.22. The number of carbonyl (C=O) groups excluding carboxylic acids is 1. The Bertz CT molecular complexity index is 822. The van der Waals surface area contributed by atoms with Crippen LogP contribution in [0.1, 0.15) is 16.1 Å². The minimum atomic E-state index is -0.476. The zero-order chi connectivity index (χ0) is 16.1. The fraction of sp³-hybridized carbons (Fsp3) is 0.0556. The predicted molar refractivity (Wildman–Crippen MR) is 86.4 cm³/mol. The lowest BCUT2D eigenvalue weighted by Crippen LogP contribution is -2.42. The van der Waals surface area contributed by atoms with Gasteiger partial charge in [0.2, 0.25) is 0 Å². The number of rotatable bonds is 4. The van der Waals surface area contributed by atoms with Crippen molar-refractivity contribution in [3.05, 3.63) is 89.5 Å². The van der Waals surface area contributed by atoms with Crippen molar-refractivity contribution in [2.45, 2.75) is 6.54 Å². The molecule has 0 N–H and O–H groups in total. The first-order valence-corrected chi connectivity index (χ1v) is 7.45. The van der Waals surface area contributed by atoms with Crippen molar-refractivity contribution in [3.63, 3.8) is 0 Å². The predicted octanol–water partition coefficient (Wildman–Crippen LogP) is 3.29. The minimum absolute atomic E-state index is 0.372. The molecule has 3 rings (SSSR count). The molecule has 0 bridgehead atoms. The molecular formula is C18H14ClN2O2+. The summed E-state index contributed by atoms with van der Waals surface area (Å²) in [6, 6.07) is 16.6. The van der Waals surface area contributed by atoms with Crippen LogP contribution in [-0.2, 0) is 6.54 Å². The third kappa shape index (κ3) is 3.93. The van der Waals surface area contributed by atoms with E-state index in [-0.39, 0.29) is 0 Å². The van der Waals surface area contributed by atoms with E-state index in [1.165, 1.54) is 6.20 Å². The van der Waals surface area contributed by atoms with Gasteiger partial charge in [-0.15, -0.1) is 0 Å². The average molecular weight is 326 g/mol. The molecule has 0 amide bonds. The van der Waals surface area contributed by atoms with Crippen LogP contribution in [0.4, 0.5) is 0 Å². The Hall–Kier alpha value is -2.72. The number of hydrogen-bond donors (Lipinski definition) is 0. The lowest BCUT2D eigenvalue weighted by molar-refractivity contribution is -0.691. The summed E-state index contributed by atoms with van der Waals surface area (Å²) in [5.74, 6) is -0.0751. The maximum absolute atomic E-state index is 12.4. The molecule has 114 valence electrons. The number of carbonyl (C=O) groups is 1. The fourth-order valence-corrected chi connectivity index (χ4v) is 2.35. The van der Waals surface area contributed by atoms with E-state index in [0.29, 0.717) is 23.0 Å². The maximum Gasteiger partial charge on any atom is 0.410 e. The first kappa shape index (κ1) is 15.2. The molecule has 0 saturated carbocycles. The Kier molecular flexibility index (Phi) is 4.64. The molecule has 0 aliphatic rings. The van der Waals surface area contributed by atoms with Crippen LogP contribution in [0.2, 0.25) is 5.02 Å². The molecule has 0 saturated heterocycles. The summed E-state index contributed by atoms with van der Waals surface area (Å²) < 4.78 is 7.18. The van der Waals surface area contributed by atoms with Crippen LogP contribution in [0.3, 0.4) is 0 Å². The van der Waals surface area contributed by atoms with E-state index >= 15 is 0 Å². The van der Waals surface area contributed by atoms with Crippen LogP contribution in [0.15, 0.2) is 73.2 Å². The molecule has 3 aromatic rings. The molecular weight excluding hydrogens is 312 g/mol. The summed E-state index contributed by atoms with van der Waals surface area (Å²) in [5.41, 5.74) is 1.46. The molecule has 2 aromatic carbocycles. The second-order valence-corrected chi connectivity index (χ2v) is 5.36. The van der Waals surface area contributed by atoms with E-state index in [4.69, 9.17) is 16.3 Å². The topological polar surface area (TPSA) is 43.1 Å². The fourth-order valence-electron chi connectivity index (χ4n) is 2.16. The molecule has 0 aliphatic heterocycles. The molecule has 23 heavy (non-hydrogen) atoms. The lowest BCUT2D eigenvalue weighted by Gasteiger charge is -2.05. The number of benzene rings is 2. The maximum atomic E-state index is 12.4. The van der Waals surface area contributed by atoms with Gasteiger partial charge in [-0.2, -0.15) is 4.57 Å². The van der Waals surface area contributed by atoms with Gasteiger partial charge in [0, 0.05) is 10.6 Å². The monoisotopic (exact) mass is 325 g/mol. The number of hydrogen-bond acceptors (Lipinski definition) is 3. The lowest BCUT2D eigenvalue weighted by atomic mass is 10.2.